The van der Waals surface area contributed by atoms with Crippen LogP contribution in [-0.2, 0) is 10.9 Å². The Morgan fingerprint density at radius 1 is 1.20 bits per heavy atom. The summed E-state index contributed by atoms with van der Waals surface area (Å²) in [6.07, 6.45) is 0.183. The van der Waals surface area contributed by atoms with Gasteiger partial charge in [-0.1, -0.05) is 5.57 Å². The number of carbonyl (C=O) groups is 1. The standard InChI is InChI=1S/C17H20F3N3O2/c1-15(2,3)25-14(24)23-9-16(10-23)5-11(6-16)4-13-21-7-12(8-22-13)17(18,19)20/h4,7-8H,5-6,9-10H2,1-3H3. The van der Waals surface area contributed by atoms with E-state index < -0.39 is 17.3 Å². The minimum atomic E-state index is -4.43. The Hall–Kier alpha value is -2.12. The molecule has 0 N–H and O–H groups in total. The Balaban J connectivity index is 1.52. The van der Waals surface area contributed by atoms with Crippen LogP contribution < -0.4 is 0 Å². The molecule has 3 rings (SSSR count). The van der Waals surface area contributed by atoms with E-state index in [4.69, 9.17) is 4.74 Å². The molecule has 0 unspecified atom stereocenters. The first-order valence-electron chi connectivity index (χ1n) is 8.03. The van der Waals surface area contributed by atoms with Crippen LogP contribution in [0.2, 0.25) is 0 Å². The van der Waals surface area contributed by atoms with Gasteiger partial charge in [-0.2, -0.15) is 13.2 Å². The van der Waals surface area contributed by atoms with Gasteiger partial charge in [0, 0.05) is 30.9 Å². The number of hydrogen-bond acceptors (Lipinski definition) is 4. The molecule has 2 fully saturated rings. The molecule has 136 valence electrons. The van der Waals surface area contributed by atoms with Gasteiger partial charge < -0.3 is 9.64 Å². The number of rotatable bonds is 1. The second-order valence-corrected chi connectivity index (χ2v) is 7.82. The maximum Gasteiger partial charge on any atom is 0.419 e. The Morgan fingerprint density at radius 2 is 1.76 bits per heavy atom. The normalized spacial score (nSPS) is 19.3. The first-order valence-corrected chi connectivity index (χ1v) is 8.03. The van der Waals surface area contributed by atoms with Gasteiger partial charge in [-0.25, -0.2) is 14.8 Å². The zero-order valence-electron chi connectivity index (χ0n) is 14.4. The van der Waals surface area contributed by atoms with Gasteiger partial charge in [-0.15, -0.1) is 0 Å². The number of nitrogens with zero attached hydrogens (tertiary/aromatic N) is 3. The lowest BCUT2D eigenvalue weighted by molar-refractivity contribution is -0.138. The van der Waals surface area contributed by atoms with E-state index in [0.717, 1.165) is 30.8 Å². The summed E-state index contributed by atoms with van der Waals surface area (Å²) in [4.78, 5) is 21.1. The van der Waals surface area contributed by atoms with Crippen molar-refractivity contribution in [2.24, 2.45) is 5.41 Å². The lowest BCUT2D eigenvalue weighted by Crippen LogP contribution is -2.62. The van der Waals surface area contributed by atoms with Gasteiger partial charge in [0.25, 0.3) is 0 Å². The van der Waals surface area contributed by atoms with Crippen LogP contribution in [0.5, 0.6) is 0 Å². The monoisotopic (exact) mass is 355 g/mol. The smallest absolute Gasteiger partial charge is 0.419 e. The van der Waals surface area contributed by atoms with Crippen molar-refractivity contribution >= 4 is 12.2 Å². The first-order chi connectivity index (χ1) is 11.5. The highest BCUT2D eigenvalue weighted by Gasteiger charge is 2.52. The van der Waals surface area contributed by atoms with Crippen LogP contribution in [0.15, 0.2) is 18.0 Å². The number of aromatic nitrogens is 2. The van der Waals surface area contributed by atoms with Crippen molar-refractivity contribution in [3.63, 3.8) is 0 Å². The fourth-order valence-electron chi connectivity index (χ4n) is 3.20. The predicted octanol–water partition coefficient (Wildman–Crippen LogP) is 3.91. The number of hydrogen-bond donors (Lipinski definition) is 0. The summed E-state index contributed by atoms with van der Waals surface area (Å²) in [7, 11) is 0. The molecule has 1 aromatic heterocycles. The largest absolute Gasteiger partial charge is 0.444 e. The molecule has 0 aromatic carbocycles. The minimum absolute atomic E-state index is 0.0780. The Morgan fingerprint density at radius 3 is 2.24 bits per heavy atom. The van der Waals surface area contributed by atoms with E-state index in [1.165, 1.54) is 0 Å². The first kappa shape index (κ1) is 17.7. The molecule has 5 nitrogen and oxygen atoms in total. The van der Waals surface area contributed by atoms with Crippen molar-refractivity contribution < 1.29 is 22.7 Å². The van der Waals surface area contributed by atoms with E-state index in [0.29, 0.717) is 13.1 Å². The molecule has 0 atom stereocenters. The molecule has 1 spiro atoms. The van der Waals surface area contributed by atoms with Gasteiger partial charge in [-0.05, 0) is 39.7 Å². The molecule has 25 heavy (non-hydrogen) atoms. The van der Waals surface area contributed by atoms with Crippen molar-refractivity contribution in [2.75, 3.05) is 13.1 Å². The van der Waals surface area contributed by atoms with Crippen molar-refractivity contribution in [2.45, 2.75) is 45.4 Å². The van der Waals surface area contributed by atoms with Crippen LogP contribution in [0.3, 0.4) is 0 Å². The average Bonchev–Trinajstić information content (AvgIpc) is 2.37. The van der Waals surface area contributed by atoms with Gasteiger partial charge in [0.2, 0.25) is 0 Å². The fraction of sp³-hybridized carbons (Fsp3) is 0.588. The van der Waals surface area contributed by atoms with Crippen LogP contribution >= 0.6 is 0 Å². The number of ether oxygens (including phenoxy) is 1. The molecular weight excluding hydrogens is 335 g/mol. The van der Waals surface area contributed by atoms with Crippen LogP contribution in [0, 0.1) is 5.41 Å². The molecule has 2 heterocycles. The van der Waals surface area contributed by atoms with E-state index in [9.17, 15) is 18.0 Å². The maximum atomic E-state index is 12.5. The van der Waals surface area contributed by atoms with Crippen LogP contribution in [0.4, 0.5) is 18.0 Å². The third kappa shape index (κ3) is 3.93. The Labute approximate surface area is 143 Å². The van der Waals surface area contributed by atoms with Crippen molar-refractivity contribution in [1.29, 1.82) is 0 Å². The summed E-state index contributed by atoms with van der Waals surface area (Å²) in [5.74, 6) is 0.279. The molecular formula is C17H20F3N3O2. The molecule has 1 saturated carbocycles. The topological polar surface area (TPSA) is 55.3 Å². The van der Waals surface area contributed by atoms with Gasteiger partial charge in [-0.3, -0.25) is 0 Å². The number of likely N-dealkylation sites (tertiary alicyclic amines) is 1. The molecule has 0 bridgehead atoms. The molecule has 0 radical (unpaired) electrons. The van der Waals surface area contributed by atoms with E-state index in [1.807, 2.05) is 20.8 Å². The number of alkyl halides is 3. The van der Waals surface area contributed by atoms with E-state index in [1.54, 1.807) is 11.0 Å². The summed E-state index contributed by atoms with van der Waals surface area (Å²) in [6.45, 7) is 6.78. The van der Waals surface area contributed by atoms with Crippen molar-refractivity contribution in [1.82, 2.24) is 14.9 Å². The predicted molar refractivity (Wildman–Crippen MR) is 84.5 cm³/mol. The Kier molecular flexibility index (Phi) is 4.04. The summed E-state index contributed by atoms with van der Waals surface area (Å²) < 4.78 is 42.8. The van der Waals surface area contributed by atoms with Gasteiger partial charge >= 0.3 is 12.3 Å². The molecule has 1 aromatic rings. The van der Waals surface area contributed by atoms with Crippen molar-refractivity contribution in [3.05, 3.63) is 29.4 Å². The fourth-order valence-corrected chi connectivity index (χ4v) is 3.20. The van der Waals surface area contributed by atoms with Gasteiger partial charge in [0.15, 0.2) is 5.82 Å². The average molecular weight is 355 g/mol. The van der Waals surface area contributed by atoms with Crippen LogP contribution in [-0.4, -0.2) is 39.7 Å². The molecule has 1 aliphatic carbocycles. The summed E-state index contributed by atoms with van der Waals surface area (Å²) in [5, 5.41) is 0. The third-order valence-corrected chi connectivity index (χ3v) is 4.24. The Bertz CT molecular complexity index is 689. The molecule has 1 amide bonds. The third-order valence-electron chi connectivity index (χ3n) is 4.24. The number of allylic oxidation sites excluding steroid dienone is 1. The molecule has 8 heteroatoms. The summed E-state index contributed by atoms with van der Waals surface area (Å²) in [6, 6.07) is 0. The second-order valence-electron chi connectivity index (χ2n) is 7.82. The second kappa shape index (κ2) is 5.71. The number of carbonyl (C=O) groups excluding carboxylic acids is 1. The number of amides is 1. The highest BCUT2D eigenvalue weighted by molar-refractivity contribution is 5.70. The minimum Gasteiger partial charge on any atom is -0.444 e. The molecule has 2 aliphatic rings. The highest BCUT2D eigenvalue weighted by atomic mass is 19.4. The SMILES string of the molecule is CC(C)(C)OC(=O)N1CC2(CC(=Cc3ncc(C(F)(F)F)cn3)C2)C1. The van der Waals surface area contributed by atoms with E-state index in [2.05, 4.69) is 9.97 Å². The zero-order chi connectivity index (χ0) is 18.5. The van der Waals surface area contributed by atoms with Gasteiger partial charge in [0.05, 0.1) is 5.56 Å². The highest BCUT2D eigenvalue weighted by Crippen LogP contribution is 2.52. The van der Waals surface area contributed by atoms with E-state index >= 15 is 0 Å². The van der Waals surface area contributed by atoms with Crippen LogP contribution in [0.1, 0.15) is 45.0 Å². The summed E-state index contributed by atoms with van der Waals surface area (Å²) in [5.41, 5.74) is -0.200. The molecule has 1 aliphatic heterocycles. The summed E-state index contributed by atoms with van der Waals surface area (Å²) >= 11 is 0. The van der Waals surface area contributed by atoms with Crippen molar-refractivity contribution in [3.8, 4) is 0 Å². The lowest BCUT2D eigenvalue weighted by Gasteiger charge is -2.56. The van der Waals surface area contributed by atoms with E-state index in [-0.39, 0.29) is 17.3 Å². The number of halogens is 3. The maximum absolute atomic E-state index is 12.5. The zero-order valence-corrected chi connectivity index (χ0v) is 14.4. The lowest BCUT2D eigenvalue weighted by atomic mass is 9.61. The quantitative estimate of drug-likeness (QED) is 0.766. The van der Waals surface area contributed by atoms with Gasteiger partial charge in [0.1, 0.15) is 5.60 Å². The van der Waals surface area contributed by atoms with Crippen LogP contribution in [0.25, 0.3) is 6.08 Å². The molecule has 1 saturated heterocycles.